The number of aromatic nitrogens is 1. The van der Waals surface area contributed by atoms with Crippen LogP contribution in [0.2, 0.25) is 0 Å². The van der Waals surface area contributed by atoms with E-state index < -0.39 is 0 Å². The molecule has 0 aliphatic carbocycles. The van der Waals surface area contributed by atoms with E-state index in [1.54, 1.807) is 30.5 Å². The van der Waals surface area contributed by atoms with E-state index in [0.717, 1.165) is 31.6 Å². The van der Waals surface area contributed by atoms with Crippen LogP contribution in [0.1, 0.15) is 12.8 Å². The van der Waals surface area contributed by atoms with Crippen LogP contribution in [0.5, 0.6) is 0 Å². The second-order valence-electron chi connectivity index (χ2n) is 5.40. The van der Waals surface area contributed by atoms with Crippen molar-refractivity contribution < 1.29 is 10.0 Å². The molecule has 6 nitrogen and oxygen atoms in total. The molecule has 1 fully saturated rings. The van der Waals surface area contributed by atoms with E-state index in [-0.39, 0.29) is 23.1 Å². The molecule has 1 aliphatic heterocycles. The molecule has 21 heavy (non-hydrogen) atoms. The smallest absolute Gasteiger partial charge is 0.278 e. The summed E-state index contributed by atoms with van der Waals surface area (Å²) in [6, 6.07) is 6.76. The summed E-state index contributed by atoms with van der Waals surface area (Å²) in [5, 5.41) is 21.0. The number of benzene rings is 1. The molecule has 1 aromatic heterocycles. The molecule has 1 N–H and O–H groups in total. The van der Waals surface area contributed by atoms with Gasteiger partial charge in [-0.2, -0.15) is 0 Å². The average Bonchev–Trinajstić information content (AvgIpc) is 2.53. The van der Waals surface area contributed by atoms with Crippen molar-refractivity contribution in [1.29, 1.82) is 0 Å². The second-order valence-corrected chi connectivity index (χ2v) is 5.40. The first-order chi connectivity index (χ1) is 10.2. The maximum atomic E-state index is 11.1. The van der Waals surface area contributed by atoms with Gasteiger partial charge in [0.05, 0.1) is 16.0 Å². The Morgan fingerprint density at radius 3 is 3.05 bits per heavy atom. The Labute approximate surface area is 122 Å². The van der Waals surface area contributed by atoms with Crippen molar-refractivity contribution in [2.75, 3.05) is 24.6 Å². The van der Waals surface area contributed by atoms with Gasteiger partial charge in [0.2, 0.25) is 0 Å². The first kappa shape index (κ1) is 13.8. The summed E-state index contributed by atoms with van der Waals surface area (Å²) >= 11 is 0. The molecule has 3 rings (SSSR count). The predicted octanol–water partition coefficient (Wildman–Crippen LogP) is 2.35. The van der Waals surface area contributed by atoms with Gasteiger partial charge in [-0.05, 0) is 37.0 Å². The number of nitrogens with zero attached hydrogens (tertiary/aromatic N) is 3. The zero-order valence-electron chi connectivity index (χ0n) is 11.6. The minimum atomic E-state index is -0.374. The Hall–Kier alpha value is -2.21. The van der Waals surface area contributed by atoms with E-state index in [1.807, 2.05) is 0 Å². The van der Waals surface area contributed by atoms with Gasteiger partial charge < -0.3 is 10.0 Å². The van der Waals surface area contributed by atoms with Crippen molar-refractivity contribution in [2.24, 2.45) is 5.92 Å². The van der Waals surface area contributed by atoms with Crippen LogP contribution in [0.3, 0.4) is 0 Å². The number of aliphatic hydroxyl groups excluding tert-OH is 1. The number of hydrogen-bond acceptors (Lipinski definition) is 5. The van der Waals surface area contributed by atoms with Crippen LogP contribution in [-0.4, -0.2) is 34.7 Å². The quantitative estimate of drug-likeness (QED) is 0.692. The van der Waals surface area contributed by atoms with Crippen molar-refractivity contribution in [3.8, 4) is 0 Å². The highest BCUT2D eigenvalue weighted by molar-refractivity contribution is 5.97. The molecule has 0 amide bonds. The molecule has 1 aromatic carbocycles. The van der Waals surface area contributed by atoms with Gasteiger partial charge >= 0.3 is 0 Å². The number of pyridine rings is 1. The Morgan fingerprint density at radius 2 is 2.29 bits per heavy atom. The number of rotatable bonds is 3. The molecular weight excluding hydrogens is 270 g/mol. The number of piperidine rings is 1. The molecular formula is C15H17N3O3. The van der Waals surface area contributed by atoms with Gasteiger partial charge in [-0.1, -0.05) is 0 Å². The minimum absolute atomic E-state index is 0.0811. The van der Waals surface area contributed by atoms with Gasteiger partial charge in [-0.15, -0.1) is 0 Å². The predicted molar refractivity (Wildman–Crippen MR) is 80.4 cm³/mol. The molecule has 1 atom stereocenters. The van der Waals surface area contributed by atoms with Crippen molar-refractivity contribution in [2.45, 2.75) is 12.8 Å². The van der Waals surface area contributed by atoms with E-state index in [1.165, 1.54) is 0 Å². The van der Waals surface area contributed by atoms with Gasteiger partial charge in [-0.25, -0.2) is 0 Å². The Morgan fingerprint density at radius 1 is 1.43 bits per heavy atom. The summed E-state index contributed by atoms with van der Waals surface area (Å²) in [5.41, 5.74) is 1.65. The zero-order chi connectivity index (χ0) is 14.8. The molecule has 0 spiro atoms. The summed E-state index contributed by atoms with van der Waals surface area (Å²) in [4.78, 5) is 17.3. The van der Waals surface area contributed by atoms with Crippen LogP contribution < -0.4 is 4.90 Å². The van der Waals surface area contributed by atoms with Crippen LogP contribution in [0.4, 0.5) is 11.4 Å². The maximum absolute atomic E-state index is 11.1. The van der Waals surface area contributed by atoms with E-state index in [2.05, 4.69) is 9.88 Å². The Bertz CT molecular complexity index is 674. The summed E-state index contributed by atoms with van der Waals surface area (Å²) in [6.07, 6.45) is 3.69. The molecule has 0 unspecified atom stereocenters. The number of non-ortho nitro benzene ring substituents is 1. The van der Waals surface area contributed by atoms with E-state index in [4.69, 9.17) is 0 Å². The third-order valence-electron chi connectivity index (χ3n) is 4.04. The molecule has 0 radical (unpaired) electrons. The monoisotopic (exact) mass is 287 g/mol. The van der Waals surface area contributed by atoms with Crippen LogP contribution in [0.25, 0.3) is 10.9 Å². The standard InChI is InChI=1S/C15H17N3O3/c19-10-11-3-2-8-17(9-11)14-6-5-13(18(20)21)12-4-1-7-16-15(12)14/h1,4-7,11,19H,2-3,8-10H2/t11-/m0/s1. The zero-order valence-corrected chi connectivity index (χ0v) is 11.6. The van der Waals surface area contributed by atoms with E-state index in [0.29, 0.717) is 10.9 Å². The largest absolute Gasteiger partial charge is 0.396 e. The van der Waals surface area contributed by atoms with Gasteiger partial charge in [0, 0.05) is 32.0 Å². The maximum Gasteiger partial charge on any atom is 0.278 e. The molecule has 110 valence electrons. The van der Waals surface area contributed by atoms with Crippen LogP contribution in [0, 0.1) is 16.0 Å². The van der Waals surface area contributed by atoms with Crippen molar-refractivity contribution in [3.63, 3.8) is 0 Å². The topological polar surface area (TPSA) is 79.5 Å². The highest BCUT2D eigenvalue weighted by Gasteiger charge is 2.23. The van der Waals surface area contributed by atoms with Crippen molar-refractivity contribution >= 4 is 22.3 Å². The van der Waals surface area contributed by atoms with Crippen LogP contribution in [-0.2, 0) is 0 Å². The molecule has 2 aromatic rings. The summed E-state index contributed by atoms with van der Waals surface area (Å²) in [5.74, 6) is 0.257. The van der Waals surface area contributed by atoms with Crippen LogP contribution in [0.15, 0.2) is 30.5 Å². The first-order valence-corrected chi connectivity index (χ1v) is 7.08. The average molecular weight is 287 g/mol. The van der Waals surface area contributed by atoms with Crippen LogP contribution >= 0.6 is 0 Å². The number of nitro groups is 1. The summed E-state index contributed by atoms with van der Waals surface area (Å²) in [7, 11) is 0. The van der Waals surface area contributed by atoms with Gasteiger partial charge in [0.1, 0.15) is 5.52 Å². The number of fused-ring (bicyclic) bond motifs is 1. The molecule has 1 aliphatic rings. The Balaban J connectivity index is 2.07. The fraction of sp³-hybridized carbons (Fsp3) is 0.400. The lowest BCUT2D eigenvalue weighted by atomic mass is 9.98. The van der Waals surface area contributed by atoms with Gasteiger partial charge in [0.25, 0.3) is 5.69 Å². The van der Waals surface area contributed by atoms with E-state index in [9.17, 15) is 15.2 Å². The van der Waals surface area contributed by atoms with Crippen molar-refractivity contribution in [3.05, 3.63) is 40.6 Å². The fourth-order valence-corrected chi connectivity index (χ4v) is 2.99. The molecule has 0 bridgehead atoms. The highest BCUT2D eigenvalue weighted by atomic mass is 16.6. The molecule has 0 saturated carbocycles. The molecule has 6 heteroatoms. The first-order valence-electron chi connectivity index (χ1n) is 7.08. The Kier molecular flexibility index (Phi) is 3.70. The minimum Gasteiger partial charge on any atom is -0.396 e. The van der Waals surface area contributed by atoms with E-state index >= 15 is 0 Å². The number of hydrogen-bond donors (Lipinski definition) is 1. The lowest BCUT2D eigenvalue weighted by Gasteiger charge is -2.33. The third kappa shape index (κ3) is 2.54. The number of aliphatic hydroxyl groups is 1. The SMILES string of the molecule is O=[N+]([O-])c1ccc(N2CCC[C@H](CO)C2)c2ncccc12. The normalized spacial score (nSPS) is 18.9. The highest BCUT2D eigenvalue weighted by Crippen LogP contribution is 2.33. The molecule has 1 saturated heterocycles. The number of anilines is 1. The van der Waals surface area contributed by atoms with Crippen molar-refractivity contribution in [1.82, 2.24) is 4.98 Å². The molecule has 2 heterocycles. The lowest BCUT2D eigenvalue weighted by molar-refractivity contribution is -0.383. The van der Waals surface area contributed by atoms with Gasteiger partial charge in [0.15, 0.2) is 0 Å². The van der Waals surface area contributed by atoms with Gasteiger partial charge in [-0.3, -0.25) is 15.1 Å². The summed E-state index contributed by atoms with van der Waals surface area (Å²) in [6.45, 7) is 1.83. The second kappa shape index (κ2) is 5.65. The third-order valence-corrected chi connectivity index (χ3v) is 4.04. The number of nitro benzene ring substituents is 1. The lowest BCUT2D eigenvalue weighted by Crippen LogP contribution is -2.36. The fourth-order valence-electron chi connectivity index (χ4n) is 2.99. The summed E-state index contributed by atoms with van der Waals surface area (Å²) < 4.78 is 0.